The first-order valence-corrected chi connectivity index (χ1v) is 17.7. The molecule has 0 saturated heterocycles. The number of hydrogen-bond acceptors (Lipinski definition) is 4. The molecule has 0 saturated carbocycles. The van der Waals surface area contributed by atoms with Crippen LogP contribution in [0.4, 0.5) is 0 Å². The van der Waals surface area contributed by atoms with Gasteiger partial charge in [-0.15, -0.1) is 0 Å². The molecule has 0 spiro atoms. The number of nitrogens with zero attached hydrogens (tertiary/aromatic N) is 2. The molecule has 0 aliphatic heterocycles. The Kier molecular flexibility index (Phi) is 8.05. The monoisotopic (exact) mass is 681 g/mol. The van der Waals surface area contributed by atoms with Crippen molar-refractivity contribution in [2.24, 2.45) is 0 Å². The topological polar surface area (TPSA) is 71.9 Å². The van der Waals surface area contributed by atoms with Crippen LogP contribution in [0, 0.1) is 0 Å². The molecule has 0 radical (unpaired) electrons. The maximum absolute atomic E-state index is 13.2. The van der Waals surface area contributed by atoms with Crippen LogP contribution in [0.1, 0.15) is 49.9 Å². The number of benzene rings is 6. The van der Waals surface area contributed by atoms with Gasteiger partial charge in [-0.1, -0.05) is 148 Å². The summed E-state index contributed by atoms with van der Waals surface area (Å²) in [4.78, 5) is 9.48. The third-order valence-corrected chi connectivity index (χ3v) is 11.2. The minimum absolute atomic E-state index is 0. The van der Waals surface area contributed by atoms with Crippen molar-refractivity contribution in [3.63, 3.8) is 0 Å². The van der Waals surface area contributed by atoms with E-state index < -0.39 is 0 Å². The van der Waals surface area contributed by atoms with Crippen molar-refractivity contribution < 1.29 is 10.2 Å². The molecule has 2 aromatic heterocycles. The van der Waals surface area contributed by atoms with Gasteiger partial charge in [-0.05, 0) is 90.3 Å². The van der Waals surface area contributed by atoms with E-state index in [2.05, 4.69) is 76.2 Å². The maximum atomic E-state index is 13.2. The van der Waals surface area contributed by atoms with E-state index in [1.807, 2.05) is 97.3 Å². The Morgan fingerprint density at radius 3 is 1.17 bits per heavy atom. The van der Waals surface area contributed by atoms with E-state index in [1.54, 1.807) is 0 Å². The van der Waals surface area contributed by atoms with Crippen molar-refractivity contribution in [3.8, 4) is 56.3 Å². The van der Waals surface area contributed by atoms with Crippen molar-refractivity contribution >= 4 is 31.7 Å². The summed E-state index contributed by atoms with van der Waals surface area (Å²) in [5.74, 6) is 0.176. The zero-order valence-corrected chi connectivity index (χ0v) is 30.3. The molecule has 53 heavy (non-hydrogen) atoms. The van der Waals surface area contributed by atoms with Crippen LogP contribution in [0.2, 0.25) is 0 Å². The van der Waals surface area contributed by atoms with Crippen LogP contribution < -0.4 is 10.2 Å². The first-order valence-electron chi connectivity index (χ1n) is 17.7. The van der Waals surface area contributed by atoms with E-state index in [0.29, 0.717) is 0 Å². The van der Waals surface area contributed by atoms with Gasteiger partial charge in [-0.2, -0.15) is 0 Å². The predicted octanol–water partition coefficient (Wildman–Crippen LogP) is 10.2. The molecule has 5 heteroatoms. The van der Waals surface area contributed by atoms with Crippen LogP contribution in [0.15, 0.2) is 146 Å². The molecule has 4 nitrogen and oxygen atoms in total. The van der Waals surface area contributed by atoms with E-state index in [1.165, 1.54) is 0 Å². The Morgan fingerprint density at radius 2 is 0.774 bits per heavy atom. The number of pyridine rings is 2. The molecule has 0 bridgehead atoms. The molecule has 2 aliphatic rings. The van der Waals surface area contributed by atoms with Gasteiger partial charge in [0.25, 0.3) is 0 Å². The third kappa shape index (κ3) is 5.24. The van der Waals surface area contributed by atoms with Crippen molar-refractivity contribution in [2.75, 3.05) is 0 Å². The van der Waals surface area contributed by atoms with Crippen LogP contribution in [0.3, 0.4) is 0 Å². The molecule has 8 aromatic rings. The third-order valence-electron chi connectivity index (χ3n) is 11.2. The van der Waals surface area contributed by atoms with Crippen LogP contribution in [-0.2, 0) is 10.8 Å². The molecule has 0 atom stereocenters. The summed E-state index contributed by atoms with van der Waals surface area (Å²) in [6.07, 6.45) is 3.77. The standard InChI is InChI=1S/2C24H19NO.Be/c2*1-24(2)19-12-16-10-6-7-11-18(16)23(26)21(19)22-20(24)13-17(14-25-22)15-8-4-3-5-9-15;/h2*3-14,26H,1-2H3;/q;;+2/p-2. The van der Waals surface area contributed by atoms with Crippen molar-refractivity contribution in [3.05, 3.63) is 168 Å². The Morgan fingerprint density at radius 1 is 0.415 bits per heavy atom. The summed E-state index contributed by atoms with van der Waals surface area (Å²) in [6, 6.07) is 44.9. The molecule has 10 rings (SSSR count). The molecule has 2 heterocycles. The average molecular weight is 682 g/mol. The minimum atomic E-state index is -0.244. The summed E-state index contributed by atoms with van der Waals surface area (Å²) < 4.78 is 0. The van der Waals surface area contributed by atoms with Gasteiger partial charge in [-0.25, -0.2) is 0 Å². The van der Waals surface area contributed by atoms with E-state index in [4.69, 9.17) is 9.97 Å². The molecule has 0 N–H and O–H groups in total. The summed E-state index contributed by atoms with van der Waals surface area (Å²) in [6.45, 7) is 8.73. The second-order valence-electron chi connectivity index (χ2n) is 14.9. The second-order valence-corrected chi connectivity index (χ2v) is 14.9. The first kappa shape index (κ1) is 34.0. The largest absolute Gasteiger partial charge is 2.00 e. The van der Waals surface area contributed by atoms with Gasteiger partial charge >= 0.3 is 10.1 Å². The van der Waals surface area contributed by atoms with Gasteiger partial charge in [0, 0.05) is 34.4 Å². The SMILES string of the molecule is CC1(C)c2cc(-c3ccccc3)cnc2-c2c1cc1ccccc1c2[O-].CC1(C)c2cc(-c3ccccc3)cnc2-c2c1cc1ccccc1c2[O-].[Be+2]. The number of aromatic nitrogens is 2. The van der Waals surface area contributed by atoms with Crippen LogP contribution in [0.5, 0.6) is 11.5 Å². The summed E-state index contributed by atoms with van der Waals surface area (Å²) in [7, 11) is 0. The Hall–Kier alpha value is -6.09. The van der Waals surface area contributed by atoms with E-state index >= 15 is 0 Å². The molecular formula is C48H36BeN2O2. The predicted molar refractivity (Wildman–Crippen MR) is 214 cm³/mol. The van der Waals surface area contributed by atoms with Gasteiger partial charge in [0.2, 0.25) is 0 Å². The fourth-order valence-corrected chi connectivity index (χ4v) is 8.23. The first-order chi connectivity index (χ1) is 25.1. The molecule has 0 fully saturated rings. The summed E-state index contributed by atoms with van der Waals surface area (Å²) >= 11 is 0. The van der Waals surface area contributed by atoms with Crippen LogP contribution >= 0.6 is 0 Å². The molecule has 252 valence electrons. The van der Waals surface area contributed by atoms with Crippen LogP contribution in [0.25, 0.3) is 66.3 Å². The summed E-state index contributed by atoms with van der Waals surface area (Å²) in [5.41, 5.74) is 11.6. The number of hydrogen-bond donors (Lipinski definition) is 0. The van der Waals surface area contributed by atoms with Crippen LogP contribution in [-0.4, -0.2) is 20.1 Å². The molecule has 6 aromatic carbocycles. The zero-order chi connectivity index (χ0) is 35.8. The summed E-state index contributed by atoms with van der Waals surface area (Å²) in [5, 5.41) is 29.9. The van der Waals surface area contributed by atoms with Gasteiger partial charge in [0.05, 0.1) is 11.4 Å². The van der Waals surface area contributed by atoms with Crippen molar-refractivity contribution in [1.29, 1.82) is 0 Å². The average Bonchev–Trinajstić information content (AvgIpc) is 3.54. The van der Waals surface area contributed by atoms with E-state index in [0.717, 1.165) is 88.6 Å². The number of fused-ring (bicyclic) bond motifs is 8. The Bertz CT molecular complexity index is 2510. The maximum Gasteiger partial charge on any atom is 2.00 e. The molecule has 2 aliphatic carbocycles. The van der Waals surface area contributed by atoms with E-state index in [9.17, 15) is 10.2 Å². The quantitative estimate of drug-likeness (QED) is 0.170. The Labute approximate surface area is 313 Å². The molecule has 0 amide bonds. The van der Waals surface area contributed by atoms with Gasteiger partial charge in [-0.3, -0.25) is 9.97 Å². The van der Waals surface area contributed by atoms with Gasteiger partial charge in [0.15, 0.2) is 0 Å². The van der Waals surface area contributed by atoms with Crippen molar-refractivity contribution in [1.82, 2.24) is 9.97 Å². The second kappa shape index (κ2) is 12.5. The fraction of sp³-hybridized carbons (Fsp3) is 0.125. The smallest absolute Gasteiger partial charge is 0.872 e. The van der Waals surface area contributed by atoms with Crippen molar-refractivity contribution in [2.45, 2.75) is 38.5 Å². The van der Waals surface area contributed by atoms with Gasteiger partial charge in [0.1, 0.15) is 0 Å². The number of rotatable bonds is 2. The minimum Gasteiger partial charge on any atom is -0.872 e. The normalized spacial score (nSPS) is 14.0. The zero-order valence-electron chi connectivity index (χ0n) is 30.3. The fourth-order valence-electron chi connectivity index (χ4n) is 8.23. The van der Waals surface area contributed by atoms with Gasteiger partial charge < -0.3 is 10.2 Å². The molecule has 0 unspecified atom stereocenters. The molecular weight excluding hydrogens is 646 g/mol. The Balaban J connectivity index is 0.000000148. The van der Waals surface area contributed by atoms with E-state index in [-0.39, 0.29) is 32.5 Å².